The number of hydrazine groups is 1. The van der Waals surface area contributed by atoms with Gasteiger partial charge in [-0.1, -0.05) is 54.6 Å². The van der Waals surface area contributed by atoms with Gasteiger partial charge in [-0.3, -0.25) is 0 Å². The van der Waals surface area contributed by atoms with Crippen molar-refractivity contribution in [2.75, 3.05) is 0 Å². The van der Waals surface area contributed by atoms with Crippen LogP contribution in [-0.2, 0) is 12.1 Å². The quantitative estimate of drug-likeness (QED) is 0.482. The summed E-state index contributed by atoms with van der Waals surface area (Å²) in [6.45, 7) is 0.525. The average Bonchev–Trinajstić information content (AvgIpc) is 3.24. The summed E-state index contributed by atoms with van der Waals surface area (Å²) in [5, 5.41) is 12.7. The lowest BCUT2D eigenvalue weighted by Crippen LogP contribution is -2.59. The maximum absolute atomic E-state index is 11.2. The van der Waals surface area contributed by atoms with E-state index in [4.69, 9.17) is 11.6 Å². The third-order valence-electron chi connectivity index (χ3n) is 6.02. The largest absolute Gasteiger partial charge is 0.398 e. The van der Waals surface area contributed by atoms with E-state index in [1.165, 1.54) is 16.1 Å². The molecule has 0 bridgehead atoms. The van der Waals surface area contributed by atoms with Crippen molar-refractivity contribution in [1.29, 1.82) is 0 Å². The summed E-state index contributed by atoms with van der Waals surface area (Å²) >= 11 is 0. The van der Waals surface area contributed by atoms with Gasteiger partial charge in [0.1, 0.15) is 5.60 Å². The van der Waals surface area contributed by atoms with Crippen LogP contribution >= 0.6 is 0 Å². The van der Waals surface area contributed by atoms with Crippen LogP contribution in [0.25, 0.3) is 11.3 Å². The van der Waals surface area contributed by atoms with Crippen LogP contribution in [0.5, 0.6) is 0 Å². The molecule has 1 aliphatic heterocycles. The van der Waals surface area contributed by atoms with E-state index in [1.807, 2.05) is 55.0 Å². The van der Waals surface area contributed by atoms with Gasteiger partial charge in [-0.2, -0.15) is 0 Å². The monoisotopic (exact) mass is 373 g/mol. The van der Waals surface area contributed by atoms with Crippen LogP contribution in [0.3, 0.4) is 0 Å². The standard InChI is InChI=1S/C22H23N5O/c23-20(12-26(24)11-16-6-2-1-3-7-16)22(28)13-21(14-22)18-9-5-4-8-17(18)19-10-25-15-27(19)21/h1-10,12,15,28H,11,13-14,23-24H2/b20-12-. The summed E-state index contributed by atoms with van der Waals surface area (Å²) in [7, 11) is 0. The molecule has 1 aromatic heterocycles. The van der Waals surface area contributed by atoms with E-state index in [-0.39, 0.29) is 5.54 Å². The highest BCUT2D eigenvalue weighted by molar-refractivity contribution is 5.72. The van der Waals surface area contributed by atoms with Crippen LogP contribution in [0.4, 0.5) is 0 Å². The van der Waals surface area contributed by atoms with Gasteiger partial charge in [-0.25, -0.2) is 10.8 Å². The first-order valence-electron chi connectivity index (χ1n) is 9.40. The second-order valence-electron chi connectivity index (χ2n) is 7.85. The Morgan fingerprint density at radius 3 is 2.64 bits per heavy atom. The molecule has 2 aliphatic rings. The first-order valence-corrected chi connectivity index (χ1v) is 9.40. The van der Waals surface area contributed by atoms with Crippen LogP contribution < -0.4 is 11.6 Å². The second-order valence-corrected chi connectivity index (χ2v) is 7.85. The van der Waals surface area contributed by atoms with Gasteiger partial charge in [0.15, 0.2) is 0 Å². The summed E-state index contributed by atoms with van der Waals surface area (Å²) in [5.41, 5.74) is 9.87. The summed E-state index contributed by atoms with van der Waals surface area (Å²) in [5.74, 6) is 6.11. The maximum Gasteiger partial charge on any atom is 0.110 e. The molecule has 0 radical (unpaired) electrons. The van der Waals surface area contributed by atoms with Crippen LogP contribution in [0.15, 0.2) is 79.0 Å². The molecule has 5 rings (SSSR count). The molecule has 1 aliphatic carbocycles. The minimum Gasteiger partial charge on any atom is -0.398 e. The minimum atomic E-state index is -1.09. The smallest absolute Gasteiger partial charge is 0.110 e. The van der Waals surface area contributed by atoms with Crippen LogP contribution in [0.1, 0.15) is 24.0 Å². The zero-order valence-corrected chi connectivity index (χ0v) is 15.5. The molecule has 5 N–H and O–H groups in total. The fourth-order valence-corrected chi connectivity index (χ4v) is 4.70. The van der Waals surface area contributed by atoms with E-state index < -0.39 is 5.60 Å². The van der Waals surface area contributed by atoms with E-state index in [2.05, 4.69) is 21.7 Å². The summed E-state index contributed by atoms with van der Waals surface area (Å²) < 4.78 is 2.17. The molecule has 2 aromatic carbocycles. The van der Waals surface area contributed by atoms with Crippen LogP contribution in [0, 0.1) is 0 Å². The molecule has 1 fully saturated rings. The zero-order valence-electron chi connectivity index (χ0n) is 15.5. The second kappa shape index (κ2) is 5.95. The molecule has 1 spiro atoms. The van der Waals surface area contributed by atoms with Crippen molar-refractivity contribution in [2.24, 2.45) is 11.6 Å². The maximum atomic E-state index is 11.2. The summed E-state index contributed by atoms with van der Waals surface area (Å²) in [6.07, 6.45) is 6.38. The summed E-state index contributed by atoms with van der Waals surface area (Å²) in [4.78, 5) is 4.32. The molecule has 0 unspecified atom stereocenters. The highest BCUT2D eigenvalue weighted by Crippen LogP contribution is 2.59. The zero-order chi connectivity index (χ0) is 19.4. The minimum absolute atomic E-state index is 0.297. The Balaban J connectivity index is 1.39. The van der Waals surface area contributed by atoms with Crippen molar-refractivity contribution < 1.29 is 5.11 Å². The molecule has 6 heteroatoms. The number of benzene rings is 2. The lowest BCUT2D eigenvalue weighted by molar-refractivity contribution is -0.0721. The SMILES string of the molecule is N/C(=C\N(N)Cc1ccccc1)C1(O)CC2(C1)c1ccccc1-c1cncn12. The molecule has 0 saturated heterocycles. The van der Waals surface area contributed by atoms with Crippen molar-refractivity contribution in [2.45, 2.75) is 30.5 Å². The number of nitrogens with two attached hydrogens (primary N) is 2. The normalized spacial score (nSPS) is 25.3. The number of rotatable bonds is 4. The van der Waals surface area contributed by atoms with E-state index in [9.17, 15) is 5.11 Å². The van der Waals surface area contributed by atoms with E-state index >= 15 is 0 Å². The van der Waals surface area contributed by atoms with Crippen molar-refractivity contribution in [3.8, 4) is 11.3 Å². The molecule has 142 valence electrons. The van der Waals surface area contributed by atoms with Gasteiger partial charge < -0.3 is 20.4 Å². The number of nitrogens with zero attached hydrogens (tertiary/aromatic N) is 3. The van der Waals surface area contributed by atoms with Crippen LogP contribution in [-0.4, -0.2) is 25.3 Å². The molecule has 0 amide bonds. The Labute approximate surface area is 163 Å². The van der Waals surface area contributed by atoms with E-state index in [1.54, 1.807) is 6.20 Å². The average molecular weight is 373 g/mol. The number of aromatic nitrogens is 2. The number of hydrogen-bond donors (Lipinski definition) is 3. The molecule has 3 aromatic rings. The van der Waals surface area contributed by atoms with Gasteiger partial charge in [-0.15, -0.1) is 0 Å². The summed E-state index contributed by atoms with van der Waals surface area (Å²) in [6, 6.07) is 18.2. The van der Waals surface area contributed by atoms with Gasteiger partial charge in [0.25, 0.3) is 0 Å². The molecule has 28 heavy (non-hydrogen) atoms. The number of hydrogen-bond acceptors (Lipinski definition) is 5. The predicted octanol–water partition coefficient (Wildman–Crippen LogP) is 2.31. The predicted molar refractivity (Wildman–Crippen MR) is 107 cm³/mol. The highest BCUT2D eigenvalue weighted by atomic mass is 16.3. The van der Waals surface area contributed by atoms with E-state index in [0.717, 1.165) is 11.3 Å². The topological polar surface area (TPSA) is 93.3 Å². The molecular formula is C22H23N5O. The van der Waals surface area contributed by atoms with Gasteiger partial charge in [0.2, 0.25) is 0 Å². The third kappa shape index (κ3) is 2.38. The Kier molecular flexibility index (Phi) is 3.62. The van der Waals surface area contributed by atoms with Crippen LogP contribution in [0.2, 0.25) is 0 Å². The van der Waals surface area contributed by atoms with Crippen molar-refractivity contribution in [3.63, 3.8) is 0 Å². The van der Waals surface area contributed by atoms with Crippen molar-refractivity contribution in [3.05, 3.63) is 90.1 Å². The first-order chi connectivity index (χ1) is 13.5. The molecule has 1 saturated carbocycles. The molecule has 2 heterocycles. The van der Waals surface area contributed by atoms with Crippen molar-refractivity contribution in [1.82, 2.24) is 14.6 Å². The Bertz CT molecular complexity index is 1050. The molecule has 6 nitrogen and oxygen atoms in total. The number of imidazole rings is 1. The Morgan fingerprint density at radius 1 is 1.14 bits per heavy atom. The number of fused-ring (bicyclic) bond motifs is 5. The highest BCUT2D eigenvalue weighted by Gasteiger charge is 2.60. The Hall–Kier alpha value is -3.09. The first kappa shape index (κ1) is 17.0. The van der Waals surface area contributed by atoms with Gasteiger partial charge in [0.05, 0.1) is 36.0 Å². The van der Waals surface area contributed by atoms with Gasteiger partial charge in [-0.05, 0) is 11.1 Å². The number of aliphatic hydroxyl groups is 1. The fourth-order valence-electron chi connectivity index (χ4n) is 4.70. The van der Waals surface area contributed by atoms with Crippen molar-refractivity contribution >= 4 is 0 Å². The molecule has 0 atom stereocenters. The van der Waals surface area contributed by atoms with Gasteiger partial charge >= 0.3 is 0 Å². The molecular weight excluding hydrogens is 350 g/mol. The lowest BCUT2D eigenvalue weighted by atomic mass is 9.61. The third-order valence-corrected chi connectivity index (χ3v) is 6.02. The lowest BCUT2D eigenvalue weighted by Gasteiger charge is -2.53. The fraction of sp³-hybridized carbons (Fsp3) is 0.227. The van der Waals surface area contributed by atoms with E-state index in [0.29, 0.717) is 25.1 Å². The van der Waals surface area contributed by atoms with Gasteiger partial charge in [0, 0.05) is 24.6 Å². The Morgan fingerprint density at radius 2 is 1.86 bits per heavy atom.